The van der Waals surface area contributed by atoms with Gasteiger partial charge in [-0.3, -0.25) is 0 Å². The number of nitrogens with zero attached hydrogens (tertiary/aromatic N) is 1. The largest absolute Gasteiger partial charge is 0.447 e. The van der Waals surface area contributed by atoms with Crippen molar-refractivity contribution in [2.45, 2.75) is 0 Å². The number of nitrogens with one attached hydrogen (secondary N) is 1. The molecule has 0 aliphatic rings. The van der Waals surface area contributed by atoms with Crippen LogP contribution in [0, 0.1) is 0 Å². The molecule has 0 fully saturated rings. The fourth-order valence-electron chi connectivity index (χ4n) is 0.614. The highest BCUT2D eigenvalue weighted by atomic mass is 16.6. The molecule has 0 atom stereocenters. The van der Waals surface area contributed by atoms with E-state index in [2.05, 4.69) is 10.1 Å². The fraction of sp³-hybridized carbons (Fsp3) is 0.857. The first kappa shape index (κ1) is 11.2. The zero-order valence-electron chi connectivity index (χ0n) is 7.54. The maximum absolute atomic E-state index is 11.0. The van der Waals surface area contributed by atoms with Gasteiger partial charge >= 0.3 is 6.09 Å². The lowest BCUT2D eigenvalue weighted by Gasteiger charge is -2.15. The van der Waals surface area contributed by atoms with Crippen molar-refractivity contribution in [3.63, 3.8) is 0 Å². The number of carbonyl (C=O) groups excluding carboxylic acids is 1. The summed E-state index contributed by atoms with van der Waals surface area (Å²) in [5.41, 5.74) is 0. The fourth-order valence-corrected chi connectivity index (χ4v) is 0.614. The van der Waals surface area contributed by atoms with Crippen molar-refractivity contribution in [3.05, 3.63) is 0 Å². The zero-order valence-corrected chi connectivity index (χ0v) is 7.54. The van der Waals surface area contributed by atoms with Gasteiger partial charge in [0, 0.05) is 20.1 Å². The van der Waals surface area contributed by atoms with Crippen molar-refractivity contribution in [2.24, 2.45) is 0 Å². The van der Waals surface area contributed by atoms with Gasteiger partial charge in [0.25, 0.3) is 0 Å². The quantitative estimate of drug-likeness (QED) is 0.579. The summed E-state index contributed by atoms with van der Waals surface area (Å²) in [6.45, 7) is 1.25. The van der Waals surface area contributed by atoms with E-state index in [1.54, 1.807) is 7.05 Å². The number of ether oxygens (including phenoxy) is 1. The Hall–Kier alpha value is -0.810. The summed E-state index contributed by atoms with van der Waals surface area (Å²) in [5.74, 6) is 0. The maximum Gasteiger partial charge on any atom is 0.409 e. The molecule has 1 amide bonds. The smallest absolute Gasteiger partial charge is 0.409 e. The van der Waals surface area contributed by atoms with Gasteiger partial charge in [0.2, 0.25) is 0 Å². The van der Waals surface area contributed by atoms with Crippen LogP contribution in [-0.4, -0.2) is 56.5 Å². The Morgan fingerprint density at radius 1 is 1.67 bits per heavy atom. The van der Waals surface area contributed by atoms with Crippen LogP contribution in [0.5, 0.6) is 0 Å². The molecule has 0 bridgehead atoms. The second-order valence-electron chi connectivity index (χ2n) is 2.36. The minimum absolute atomic E-state index is 0.0583. The van der Waals surface area contributed by atoms with E-state index in [1.807, 2.05) is 7.05 Å². The number of hydrogen-bond acceptors (Lipinski definition) is 4. The van der Waals surface area contributed by atoms with Crippen molar-refractivity contribution in [3.8, 4) is 0 Å². The predicted octanol–water partition coefficient (Wildman–Crippen LogP) is -0.733. The summed E-state index contributed by atoms with van der Waals surface area (Å²) in [6.07, 6.45) is -0.403. The monoisotopic (exact) mass is 176 g/mol. The number of amides is 1. The summed E-state index contributed by atoms with van der Waals surface area (Å²) in [5, 5.41) is 11.3. The molecular formula is C7H16N2O3. The standard InChI is InChI=1S/C7H16N2O3/c1-8-3-4-9(2)7(11)12-6-5-10/h8,10H,3-6H2,1-2H3. The minimum atomic E-state index is -0.403. The van der Waals surface area contributed by atoms with Gasteiger partial charge in [0.15, 0.2) is 0 Å². The zero-order chi connectivity index (χ0) is 9.40. The molecule has 0 aromatic carbocycles. The molecule has 5 nitrogen and oxygen atoms in total. The van der Waals surface area contributed by atoms with Crippen LogP contribution in [0.15, 0.2) is 0 Å². The summed E-state index contributed by atoms with van der Waals surface area (Å²) in [6, 6.07) is 0. The molecule has 72 valence electrons. The van der Waals surface area contributed by atoms with Gasteiger partial charge in [-0.15, -0.1) is 0 Å². The highest BCUT2D eigenvalue weighted by molar-refractivity contribution is 5.67. The van der Waals surface area contributed by atoms with E-state index in [9.17, 15) is 4.79 Å². The average molecular weight is 176 g/mol. The van der Waals surface area contributed by atoms with Crippen LogP contribution in [0.1, 0.15) is 0 Å². The number of likely N-dealkylation sites (N-methyl/N-ethyl adjacent to an activating group) is 2. The lowest BCUT2D eigenvalue weighted by molar-refractivity contribution is 0.0914. The van der Waals surface area contributed by atoms with E-state index < -0.39 is 6.09 Å². The van der Waals surface area contributed by atoms with Gasteiger partial charge in [-0.05, 0) is 7.05 Å². The van der Waals surface area contributed by atoms with Crippen LogP contribution in [0.25, 0.3) is 0 Å². The van der Waals surface area contributed by atoms with Crippen LogP contribution < -0.4 is 5.32 Å². The Bertz CT molecular complexity index is 130. The molecular weight excluding hydrogens is 160 g/mol. The van der Waals surface area contributed by atoms with Crippen molar-refractivity contribution in [1.82, 2.24) is 10.2 Å². The Morgan fingerprint density at radius 3 is 2.83 bits per heavy atom. The molecule has 0 aromatic heterocycles. The van der Waals surface area contributed by atoms with E-state index in [0.717, 1.165) is 6.54 Å². The number of carbonyl (C=O) groups is 1. The summed E-state index contributed by atoms with van der Waals surface area (Å²) in [4.78, 5) is 12.4. The third-order valence-corrected chi connectivity index (χ3v) is 1.33. The van der Waals surface area contributed by atoms with E-state index in [4.69, 9.17) is 5.11 Å². The topological polar surface area (TPSA) is 61.8 Å². The second-order valence-corrected chi connectivity index (χ2v) is 2.36. The Labute approximate surface area is 72.3 Å². The normalized spacial score (nSPS) is 9.58. The van der Waals surface area contributed by atoms with Crippen LogP contribution >= 0.6 is 0 Å². The molecule has 5 heteroatoms. The first-order valence-corrected chi connectivity index (χ1v) is 3.85. The number of aliphatic hydroxyl groups excluding tert-OH is 1. The lowest BCUT2D eigenvalue weighted by atomic mass is 10.6. The Balaban J connectivity index is 3.47. The molecule has 2 N–H and O–H groups in total. The molecule has 0 saturated carbocycles. The van der Waals surface area contributed by atoms with Gasteiger partial charge < -0.3 is 20.1 Å². The highest BCUT2D eigenvalue weighted by Gasteiger charge is 2.07. The van der Waals surface area contributed by atoms with E-state index in [1.165, 1.54) is 4.90 Å². The molecule has 0 aliphatic carbocycles. The average Bonchev–Trinajstić information content (AvgIpc) is 2.10. The molecule has 12 heavy (non-hydrogen) atoms. The molecule has 0 heterocycles. The first-order valence-electron chi connectivity index (χ1n) is 3.85. The third-order valence-electron chi connectivity index (χ3n) is 1.33. The number of aliphatic hydroxyl groups is 1. The highest BCUT2D eigenvalue weighted by Crippen LogP contribution is 1.88. The molecule has 0 aromatic rings. The molecule has 0 radical (unpaired) electrons. The van der Waals surface area contributed by atoms with Crippen LogP contribution in [-0.2, 0) is 4.74 Å². The predicted molar refractivity (Wildman–Crippen MR) is 45.0 cm³/mol. The van der Waals surface area contributed by atoms with Crippen molar-refractivity contribution >= 4 is 6.09 Å². The Morgan fingerprint density at radius 2 is 2.33 bits per heavy atom. The second kappa shape index (κ2) is 6.87. The first-order chi connectivity index (χ1) is 5.72. The molecule has 0 unspecified atom stereocenters. The third kappa shape index (κ3) is 4.92. The number of rotatable bonds is 5. The van der Waals surface area contributed by atoms with E-state index >= 15 is 0 Å². The van der Waals surface area contributed by atoms with Gasteiger partial charge in [-0.25, -0.2) is 4.79 Å². The molecule has 0 aliphatic heterocycles. The van der Waals surface area contributed by atoms with Crippen molar-refractivity contribution in [1.29, 1.82) is 0 Å². The summed E-state index contributed by atoms with van der Waals surface area (Å²) in [7, 11) is 3.46. The van der Waals surface area contributed by atoms with Gasteiger partial charge in [0.1, 0.15) is 6.61 Å². The SMILES string of the molecule is CNCCN(C)C(=O)OCCO. The summed E-state index contributed by atoms with van der Waals surface area (Å²) >= 11 is 0. The lowest BCUT2D eigenvalue weighted by Crippen LogP contribution is -2.33. The van der Waals surface area contributed by atoms with Crippen LogP contribution in [0.4, 0.5) is 4.79 Å². The van der Waals surface area contributed by atoms with Gasteiger partial charge in [-0.1, -0.05) is 0 Å². The molecule has 0 spiro atoms. The van der Waals surface area contributed by atoms with Gasteiger partial charge in [-0.2, -0.15) is 0 Å². The number of hydrogen-bond donors (Lipinski definition) is 2. The minimum Gasteiger partial charge on any atom is -0.447 e. The van der Waals surface area contributed by atoms with E-state index in [-0.39, 0.29) is 13.2 Å². The molecule has 0 rings (SSSR count). The molecule has 0 saturated heterocycles. The summed E-state index contributed by atoms with van der Waals surface area (Å²) < 4.78 is 4.66. The maximum atomic E-state index is 11.0. The van der Waals surface area contributed by atoms with Crippen molar-refractivity contribution in [2.75, 3.05) is 40.4 Å². The van der Waals surface area contributed by atoms with Crippen LogP contribution in [0.3, 0.4) is 0 Å². The van der Waals surface area contributed by atoms with Crippen molar-refractivity contribution < 1.29 is 14.6 Å². The Kier molecular flexibility index (Phi) is 6.41. The van der Waals surface area contributed by atoms with E-state index in [0.29, 0.717) is 6.54 Å². The van der Waals surface area contributed by atoms with Gasteiger partial charge in [0.05, 0.1) is 6.61 Å². The van der Waals surface area contributed by atoms with Crippen LogP contribution in [0.2, 0.25) is 0 Å².